The molecule has 7 atom stereocenters. The molecular formula is C10H21NOP4. The van der Waals surface area contributed by atoms with Crippen LogP contribution in [-0.2, 0) is 4.79 Å². The van der Waals surface area contributed by atoms with Gasteiger partial charge in [-0.3, -0.25) is 4.79 Å². The quantitative estimate of drug-likeness (QED) is 0.713. The zero-order chi connectivity index (χ0) is 11.7. The van der Waals surface area contributed by atoms with Gasteiger partial charge in [0.15, 0.2) is 0 Å². The molecule has 5 unspecified atom stereocenters. The predicted molar refractivity (Wildman–Crippen MR) is 81.6 cm³/mol. The minimum Gasteiger partial charge on any atom is -0.336 e. The number of carbonyl (C=O) groups is 1. The van der Waals surface area contributed by atoms with Gasteiger partial charge < -0.3 is 4.90 Å². The Kier molecular flexibility index (Phi) is 5.01. The number of rotatable bonds is 2. The summed E-state index contributed by atoms with van der Waals surface area (Å²) in [5, 5.41) is 0. The van der Waals surface area contributed by atoms with Crippen LogP contribution in [0.25, 0.3) is 0 Å². The van der Waals surface area contributed by atoms with Gasteiger partial charge in [0.25, 0.3) is 0 Å². The maximum Gasteiger partial charge on any atom is 0.223 e. The largest absolute Gasteiger partial charge is 0.336 e. The number of hydrogen-bond donors (Lipinski definition) is 0. The number of hydrogen-bond acceptors (Lipinski definition) is 1. The number of fused-ring (bicyclic) bond motifs is 1. The molecule has 2 fully saturated rings. The predicted octanol–water partition coefficient (Wildman–Crippen LogP) is 3.57. The van der Waals surface area contributed by atoms with Crippen LogP contribution in [0, 0.1) is 0 Å². The van der Waals surface area contributed by atoms with Crippen molar-refractivity contribution < 1.29 is 4.79 Å². The molecule has 1 amide bonds. The second-order valence-corrected chi connectivity index (χ2v) is 14.4. The Morgan fingerprint density at radius 1 is 1.44 bits per heavy atom. The summed E-state index contributed by atoms with van der Waals surface area (Å²) in [6.07, 6.45) is 5.69. The van der Waals surface area contributed by atoms with Crippen molar-refractivity contribution in [2.45, 2.75) is 56.8 Å². The Hall–Kier alpha value is 1.19. The second-order valence-electron chi connectivity index (χ2n) is 4.77. The summed E-state index contributed by atoms with van der Waals surface area (Å²) in [7, 11) is 6.90. The maximum absolute atomic E-state index is 12.0. The molecule has 0 aliphatic carbocycles. The van der Waals surface area contributed by atoms with Crippen molar-refractivity contribution in [3.63, 3.8) is 0 Å². The molecule has 2 saturated heterocycles. The zero-order valence-corrected chi connectivity index (χ0v) is 13.9. The summed E-state index contributed by atoms with van der Waals surface area (Å²) < 4.78 is 0. The first-order chi connectivity index (χ1) is 7.65. The SMILES string of the molecule is C[C@@H]1[C@@H](P(P)PP)CCC2CCCC(=O)N21. The van der Waals surface area contributed by atoms with Crippen molar-refractivity contribution in [1.29, 1.82) is 0 Å². The van der Waals surface area contributed by atoms with Crippen LogP contribution in [-0.4, -0.2) is 28.5 Å². The van der Waals surface area contributed by atoms with Gasteiger partial charge in [0.1, 0.15) is 0 Å². The highest BCUT2D eigenvalue weighted by molar-refractivity contribution is 8.61. The van der Waals surface area contributed by atoms with E-state index in [0.29, 0.717) is 18.0 Å². The molecule has 2 rings (SSSR count). The lowest BCUT2D eigenvalue weighted by atomic mass is 9.89. The highest BCUT2D eigenvalue weighted by Crippen LogP contribution is 2.71. The van der Waals surface area contributed by atoms with Gasteiger partial charge in [-0.05, 0) is 32.6 Å². The highest BCUT2D eigenvalue weighted by Gasteiger charge is 2.40. The van der Waals surface area contributed by atoms with E-state index in [0.717, 1.165) is 26.5 Å². The average molecular weight is 295 g/mol. The zero-order valence-electron chi connectivity index (χ0n) is 9.72. The molecule has 2 heterocycles. The van der Waals surface area contributed by atoms with Gasteiger partial charge in [-0.25, -0.2) is 0 Å². The molecule has 0 aromatic heterocycles. The fraction of sp³-hybridized carbons (Fsp3) is 0.900. The molecule has 2 aliphatic rings. The Bertz CT molecular complexity index is 276. The highest BCUT2D eigenvalue weighted by atomic mass is 32.6. The van der Waals surface area contributed by atoms with E-state index in [1.54, 1.807) is 0 Å². The summed E-state index contributed by atoms with van der Waals surface area (Å²) in [5.41, 5.74) is 0.745. The maximum atomic E-state index is 12.0. The number of amides is 1. The van der Waals surface area contributed by atoms with E-state index in [9.17, 15) is 4.79 Å². The third kappa shape index (κ3) is 2.62. The van der Waals surface area contributed by atoms with Gasteiger partial charge in [0, 0.05) is 24.2 Å². The Balaban J connectivity index is 2.11. The lowest BCUT2D eigenvalue weighted by Gasteiger charge is -2.48. The minimum atomic E-state index is 0.0263. The molecule has 0 bridgehead atoms. The van der Waals surface area contributed by atoms with Crippen LogP contribution in [0.1, 0.15) is 39.0 Å². The van der Waals surface area contributed by atoms with E-state index in [1.807, 2.05) is 0 Å². The third-order valence-corrected chi connectivity index (χ3v) is 15.4. The van der Waals surface area contributed by atoms with Crippen molar-refractivity contribution in [3.8, 4) is 0 Å². The monoisotopic (exact) mass is 295 g/mol. The van der Waals surface area contributed by atoms with E-state index in [-0.39, 0.29) is 7.30 Å². The molecule has 0 spiro atoms. The summed E-state index contributed by atoms with van der Waals surface area (Å²) in [6, 6.07) is 1.04. The minimum absolute atomic E-state index is 0.0263. The molecular weight excluding hydrogens is 274 g/mol. The van der Waals surface area contributed by atoms with Crippen molar-refractivity contribution in [2.24, 2.45) is 0 Å². The van der Waals surface area contributed by atoms with Gasteiger partial charge in [-0.2, -0.15) is 0 Å². The lowest BCUT2D eigenvalue weighted by molar-refractivity contribution is -0.140. The van der Waals surface area contributed by atoms with Crippen molar-refractivity contribution in [2.75, 3.05) is 0 Å². The van der Waals surface area contributed by atoms with E-state index >= 15 is 0 Å². The van der Waals surface area contributed by atoms with Gasteiger partial charge in [-0.1, -0.05) is 15.3 Å². The first kappa shape index (κ1) is 13.6. The average Bonchev–Trinajstić information content (AvgIpc) is 2.28. The van der Waals surface area contributed by atoms with Gasteiger partial charge in [-0.15, -0.1) is 17.9 Å². The second kappa shape index (κ2) is 5.89. The van der Waals surface area contributed by atoms with Crippen LogP contribution in [0.15, 0.2) is 0 Å². The molecule has 0 saturated carbocycles. The molecule has 0 N–H and O–H groups in total. The topological polar surface area (TPSA) is 20.3 Å². The Morgan fingerprint density at radius 3 is 2.88 bits per heavy atom. The fourth-order valence-corrected chi connectivity index (χ4v) is 8.81. The normalized spacial score (nSPS) is 37.8. The van der Waals surface area contributed by atoms with E-state index in [2.05, 4.69) is 29.7 Å². The smallest absolute Gasteiger partial charge is 0.223 e. The van der Waals surface area contributed by atoms with Crippen LogP contribution in [0.2, 0.25) is 0 Å². The van der Waals surface area contributed by atoms with Crippen LogP contribution >= 0.6 is 33.1 Å². The molecule has 0 radical (unpaired) electrons. The molecule has 2 nitrogen and oxygen atoms in total. The number of carbonyl (C=O) groups excluding carboxylic acids is 1. The lowest BCUT2D eigenvalue weighted by Crippen LogP contribution is -2.55. The molecule has 6 heteroatoms. The van der Waals surface area contributed by atoms with Crippen molar-refractivity contribution in [1.82, 2.24) is 4.90 Å². The Morgan fingerprint density at radius 2 is 2.19 bits per heavy atom. The van der Waals surface area contributed by atoms with E-state index in [1.165, 1.54) is 19.3 Å². The fourth-order valence-electron chi connectivity index (χ4n) is 3.06. The van der Waals surface area contributed by atoms with Crippen LogP contribution in [0.5, 0.6) is 0 Å². The van der Waals surface area contributed by atoms with Crippen molar-refractivity contribution >= 4 is 39.0 Å². The number of nitrogens with zero attached hydrogens (tertiary/aromatic N) is 1. The number of piperidine rings is 2. The molecule has 92 valence electrons. The standard InChI is InChI=1S/C10H21NOP4/c1-7-9(16(14)15-13)6-5-8-3-2-4-10(12)11(7)8/h7-9,15H,2-6,13-14H2,1H3/t7-,8?,9+,16?/m1/s1. The van der Waals surface area contributed by atoms with Gasteiger partial charge in [0.2, 0.25) is 5.91 Å². The van der Waals surface area contributed by atoms with Crippen LogP contribution < -0.4 is 0 Å². The van der Waals surface area contributed by atoms with Crippen LogP contribution in [0.4, 0.5) is 0 Å². The van der Waals surface area contributed by atoms with Crippen molar-refractivity contribution in [3.05, 3.63) is 0 Å². The van der Waals surface area contributed by atoms with E-state index in [4.69, 9.17) is 0 Å². The van der Waals surface area contributed by atoms with Crippen LogP contribution in [0.3, 0.4) is 0 Å². The summed E-state index contributed by atoms with van der Waals surface area (Å²) in [4.78, 5) is 14.2. The van der Waals surface area contributed by atoms with Gasteiger partial charge in [0.05, 0.1) is 0 Å². The summed E-state index contributed by atoms with van der Waals surface area (Å²) in [5.74, 6) is 0.411. The third-order valence-electron chi connectivity index (χ3n) is 3.91. The summed E-state index contributed by atoms with van der Waals surface area (Å²) >= 11 is 0. The first-order valence-electron chi connectivity index (χ1n) is 5.96. The summed E-state index contributed by atoms with van der Waals surface area (Å²) in [6.45, 7) is 2.27. The van der Waals surface area contributed by atoms with Gasteiger partial charge >= 0.3 is 0 Å². The Labute approximate surface area is 106 Å². The van der Waals surface area contributed by atoms with E-state index < -0.39 is 0 Å². The molecule has 16 heavy (non-hydrogen) atoms. The first-order valence-corrected chi connectivity index (χ1v) is 12.6. The molecule has 2 aliphatic heterocycles. The molecule has 0 aromatic carbocycles. The molecule has 0 aromatic rings.